The number of fused-ring (bicyclic) bond motifs is 1. The van der Waals surface area contributed by atoms with Gasteiger partial charge in [-0.2, -0.15) is 0 Å². The van der Waals surface area contributed by atoms with E-state index in [-0.39, 0.29) is 13.2 Å². The Bertz CT molecular complexity index is 540. The third kappa shape index (κ3) is 2.17. The minimum absolute atomic E-state index is 0.152. The molecule has 0 amide bonds. The zero-order chi connectivity index (χ0) is 11.6. The maximum atomic E-state index is 9.21. The third-order valence-corrected chi connectivity index (χ3v) is 4.73. The predicted octanol–water partition coefficient (Wildman–Crippen LogP) is 1.61. The highest BCUT2D eigenvalue weighted by Gasteiger charge is 2.20. The van der Waals surface area contributed by atoms with Gasteiger partial charge in [-0.3, -0.25) is 4.99 Å². The second-order valence-corrected chi connectivity index (χ2v) is 6.05. The fourth-order valence-corrected chi connectivity index (χ4v) is 3.76. The molecule has 5 heteroatoms. The number of nitrogens with zero attached hydrogens (tertiary/aromatic N) is 1. The second kappa shape index (κ2) is 4.63. The molecule has 0 radical (unpaired) electrons. The molecule has 0 saturated heterocycles. The lowest BCUT2D eigenvalue weighted by Gasteiger charge is -2.18. The molecular weight excluding hydrogens is 242 g/mol. The van der Waals surface area contributed by atoms with E-state index in [1.807, 2.05) is 24.3 Å². The van der Waals surface area contributed by atoms with Crippen molar-refractivity contribution in [1.82, 2.24) is 0 Å². The summed E-state index contributed by atoms with van der Waals surface area (Å²) in [6.07, 6.45) is 0. The van der Waals surface area contributed by atoms with Gasteiger partial charge in [0.15, 0.2) is 0 Å². The van der Waals surface area contributed by atoms with Crippen LogP contribution < -0.4 is 4.67 Å². The number of rotatable bonds is 3. The van der Waals surface area contributed by atoms with Crippen LogP contribution in [-0.2, 0) is 0 Å². The Kier molecular flexibility index (Phi) is 3.39. The maximum Gasteiger partial charge on any atom is 0.130 e. The minimum atomic E-state index is -0.791. The lowest BCUT2D eigenvalue weighted by atomic mass is 10.1. The van der Waals surface area contributed by atoms with Gasteiger partial charge in [-0.15, -0.1) is 0 Å². The third-order valence-electron chi connectivity index (χ3n) is 2.38. The molecule has 1 heterocycles. The molecule has 2 N–H and O–H groups in total. The van der Waals surface area contributed by atoms with Gasteiger partial charge < -0.3 is 10.2 Å². The fourth-order valence-electron chi connectivity index (χ4n) is 1.29. The molecule has 0 fully saturated rings. The number of hydrogen-bond acceptors (Lipinski definition) is 5. The summed E-state index contributed by atoms with van der Waals surface area (Å²) in [5.74, 6) is 0. The molecule has 0 atom stereocenters. The topological polar surface area (TPSA) is 52.8 Å². The summed E-state index contributed by atoms with van der Waals surface area (Å²) < 4.78 is 2.07. The standard InChI is InChI=1S/C11H13NO2S2/c1-11(6-13,7-14)12-10-8-4-2-3-5-9(8)15-16-10/h2-5,13-14H,6-7H2,1H3. The first-order valence-electron chi connectivity index (χ1n) is 4.94. The van der Waals surface area contributed by atoms with Crippen molar-refractivity contribution in [2.24, 2.45) is 4.99 Å². The smallest absolute Gasteiger partial charge is 0.130 e. The Balaban J connectivity index is 2.59. The average Bonchev–Trinajstić information content (AvgIpc) is 2.73. The molecule has 0 spiro atoms. The average molecular weight is 255 g/mol. The quantitative estimate of drug-likeness (QED) is 0.819. The van der Waals surface area contributed by atoms with Gasteiger partial charge in [0.2, 0.25) is 0 Å². The highest BCUT2D eigenvalue weighted by atomic mass is 32.9. The van der Waals surface area contributed by atoms with E-state index in [1.165, 1.54) is 4.70 Å². The first-order chi connectivity index (χ1) is 7.68. The lowest BCUT2D eigenvalue weighted by molar-refractivity contribution is 0.133. The van der Waals surface area contributed by atoms with E-state index in [4.69, 9.17) is 0 Å². The van der Waals surface area contributed by atoms with Gasteiger partial charge in [-0.25, -0.2) is 0 Å². The molecule has 3 nitrogen and oxygen atoms in total. The first kappa shape index (κ1) is 11.7. The van der Waals surface area contributed by atoms with E-state index >= 15 is 0 Å². The van der Waals surface area contributed by atoms with Crippen LogP contribution in [0.15, 0.2) is 29.3 Å². The zero-order valence-corrected chi connectivity index (χ0v) is 10.5. The molecule has 86 valence electrons. The molecule has 0 aliphatic rings. The van der Waals surface area contributed by atoms with Crippen LogP contribution in [0.1, 0.15) is 6.92 Å². The monoisotopic (exact) mass is 255 g/mol. The van der Waals surface area contributed by atoms with Gasteiger partial charge in [0.1, 0.15) is 10.2 Å². The Morgan fingerprint density at radius 1 is 1.19 bits per heavy atom. The predicted molar refractivity (Wildman–Crippen MR) is 67.8 cm³/mol. The largest absolute Gasteiger partial charge is 0.394 e. The molecule has 16 heavy (non-hydrogen) atoms. The fraction of sp³-hybridized carbons (Fsp3) is 0.364. The van der Waals surface area contributed by atoms with E-state index in [0.717, 1.165) is 10.1 Å². The van der Waals surface area contributed by atoms with Crippen LogP contribution in [-0.4, -0.2) is 29.0 Å². The molecule has 2 rings (SSSR count). The second-order valence-electron chi connectivity index (χ2n) is 3.89. The summed E-state index contributed by atoms with van der Waals surface area (Å²) in [4.78, 5) is 4.44. The highest BCUT2D eigenvalue weighted by Crippen LogP contribution is 2.20. The summed E-state index contributed by atoms with van der Waals surface area (Å²) in [6.45, 7) is 1.44. The van der Waals surface area contributed by atoms with Crippen LogP contribution in [0.5, 0.6) is 0 Å². The van der Waals surface area contributed by atoms with E-state index in [9.17, 15) is 10.2 Å². The normalized spacial score (nSPS) is 13.6. The molecule has 2 aromatic rings. The molecule has 0 aliphatic carbocycles. The van der Waals surface area contributed by atoms with Crippen LogP contribution in [0.4, 0.5) is 0 Å². The molecule has 0 unspecified atom stereocenters. The van der Waals surface area contributed by atoms with Gasteiger partial charge >= 0.3 is 0 Å². The SMILES string of the molecule is CC(CO)(CO)N=c1ssc2ccccc12. The van der Waals surface area contributed by atoms with Gasteiger partial charge in [0.05, 0.1) is 13.2 Å². The molecular formula is C11H13NO2S2. The van der Waals surface area contributed by atoms with Gasteiger partial charge in [-0.05, 0) is 13.0 Å². The van der Waals surface area contributed by atoms with Crippen LogP contribution in [0.2, 0.25) is 0 Å². The van der Waals surface area contributed by atoms with Crippen molar-refractivity contribution in [3.63, 3.8) is 0 Å². The van der Waals surface area contributed by atoms with Crippen molar-refractivity contribution in [3.05, 3.63) is 28.9 Å². The molecule has 0 saturated carbocycles. The first-order valence-corrected chi connectivity index (χ1v) is 7.09. The summed E-state index contributed by atoms with van der Waals surface area (Å²) in [5, 5.41) is 19.5. The summed E-state index contributed by atoms with van der Waals surface area (Å²) in [7, 11) is 3.23. The molecule has 0 aliphatic heterocycles. The highest BCUT2D eigenvalue weighted by molar-refractivity contribution is 7.71. The molecule has 1 aromatic heterocycles. The Hall–Kier alpha value is -0.750. The van der Waals surface area contributed by atoms with E-state index < -0.39 is 5.54 Å². The van der Waals surface area contributed by atoms with Crippen LogP contribution in [0.3, 0.4) is 0 Å². The lowest BCUT2D eigenvalue weighted by Crippen LogP contribution is -2.33. The Morgan fingerprint density at radius 2 is 1.88 bits per heavy atom. The number of hydrogen-bond donors (Lipinski definition) is 2. The van der Waals surface area contributed by atoms with Gasteiger partial charge in [0, 0.05) is 10.1 Å². The van der Waals surface area contributed by atoms with Crippen molar-refractivity contribution in [1.29, 1.82) is 0 Å². The van der Waals surface area contributed by atoms with Gasteiger partial charge in [0.25, 0.3) is 0 Å². The molecule has 0 bridgehead atoms. The van der Waals surface area contributed by atoms with E-state index in [2.05, 4.69) is 4.99 Å². The summed E-state index contributed by atoms with van der Waals surface area (Å²) in [5.41, 5.74) is -0.791. The summed E-state index contributed by atoms with van der Waals surface area (Å²) >= 11 is 0. The maximum absolute atomic E-state index is 9.21. The van der Waals surface area contributed by atoms with E-state index in [1.54, 1.807) is 27.6 Å². The zero-order valence-electron chi connectivity index (χ0n) is 8.88. The van der Waals surface area contributed by atoms with Crippen molar-refractivity contribution in [2.75, 3.05) is 13.2 Å². The van der Waals surface area contributed by atoms with Crippen LogP contribution >= 0.6 is 20.7 Å². The van der Waals surface area contributed by atoms with Crippen molar-refractivity contribution in [2.45, 2.75) is 12.5 Å². The van der Waals surface area contributed by atoms with E-state index in [0.29, 0.717) is 0 Å². The number of aliphatic hydroxyl groups excluding tert-OH is 2. The number of benzene rings is 1. The van der Waals surface area contributed by atoms with Crippen molar-refractivity contribution < 1.29 is 10.2 Å². The van der Waals surface area contributed by atoms with Crippen LogP contribution in [0.25, 0.3) is 10.1 Å². The van der Waals surface area contributed by atoms with Gasteiger partial charge in [-0.1, -0.05) is 38.9 Å². The minimum Gasteiger partial charge on any atom is -0.394 e. The van der Waals surface area contributed by atoms with Crippen molar-refractivity contribution in [3.8, 4) is 0 Å². The van der Waals surface area contributed by atoms with Crippen LogP contribution in [0, 0.1) is 0 Å². The number of aliphatic hydroxyl groups is 2. The summed E-state index contributed by atoms with van der Waals surface area (Å²) in [6, 6.07) is 8.02. The Labute approximate surface area is 101 Å². The molecule has 1 aromatic carbocycles. The van der Waals surface area contributed by atoms with Crippen molar-refractivity contribution >= 4 is 30.8 Å². The Morgan fingerprint density at radius 3 is 2.56 bits per heavy atom.